The van der Waals surface area contributed by atoms with Gasteiger partial charge in [0.25, 0.3) is 0 Å². The molecule has 0 radical (unpaired) electrons. The van der Waals surface area contributed by atoms with Crippen LogP contribution in [0.4, 0.5) is 0 Å². The summed E-state index contributed by atoms with van der Waals surface area (Å²) < 4.78 is 0. The van der Waals surface area contributed by atoms with Crippen LogP contribution in [0, 0.1) is 0 Å². The summed E-state index contributed by atoms with van der Waals surface area (Å²) in [6.45, 7) is 7.15. The van der Waals surface area contributed by atoms with E-state index in [2.05, 4.69) is 36.4 Å². The molecule has 0 aliphatic carbocycles. The summed E-state index contributed by atoms with van der Waals surface area (Å²) in [4.78, 5) is 13.9. The van der Waals surface area contributed by atoms with Crippen LogP contribution in [0.25, 0.3) is 0 Å². The number of carbonyl (C=O) groups excluding carboxylic acids is 1. The fourth-order valence-corrected chi connectivity index (χ4v) is 2.13. The third-order valence-electron chi connectivity index (χ3n) is 3.72. The largest absolute Gasteiger partial charge is 0.355 e. The minimum Gasteiger partial charge on any atom is -0.355 e. The Morgan fingerprint density at radius 2 is 2.16 bits per heavy atom. The lowest BCUT2D eigenvalue weighted by atomic mass is 10.1. The zero-order valence-electron chi connectivity index (χ0n) is 12.3. The Labute approximate surface area is 129 Å². The number of nitrogens with zero attached hydrogens (tertiary/aromatic N) is 1. The molecule has 19 heavy (non-hydrogen) atoms. The van der Waals surface area contributed by atoms with Crippen molar-refractivity contribution in [2.45, 2.75) is 51.6 Å². The highest BCUT2D eigenvalue weighted by atomic mass is 35.5. The van der Waals surface area contributed by atoms with E-state index in [4.69, 9.17) is 0 Å². The van der Waals surface area contributed by atoms with Crippen LogP contribution in [0.3, 0.4) is 0 Å². The Bertz CT molecular complexity index is 236. The first-order valence-corrected chi connectivity index (χ1v) is 6.83. The smallest absolute Gasteiger partial charge is 0.221 e. The molecule has 1 aliphatic rings. The Kier molecular flexibility index (Phi) is 13.2. The summed E-state index contributed by atoms with van der Waals surface area (Å²) in [5, 5.41) is 6.34. The topological polar surface area (TPSA) is 44.4 Å². The molecular formula is C13H29Cl2N3O. The van der Waals surface area contributed by atoms with E-state index >= 15 is 0 Å². The van der Waals surface area contributed by atoms with Crippen molar-refractivity contribution in [3.05, 3.63) is 0 Å². The molecule has 2 unspecified atom stereocenters. The van der Waals surface area contributed by atoms with Crippen LogP contribution in [0.15, 0.2) is 0 Å². The number of hydrogen-bond donors (Lipinski definition) is 2. The molecule has 1 fully saturated rings. The van der Waals surface area contributed by atoms with Crippen LogP contribution in [0.1, 0.15) is 39.5 Å². The molecule has 1 rings (SSSR count). The van der Waals surface area contributed by atoms with Crippen LogP contribution in [0.5, 0.6) is 0 Å². The van der Waals surface area contributed by atoms with Gasteiger partial charge in [-0.15, -0.1) is 24.8 Å². The predicted molar refractivity (Wildman–Crippen MR) is 85.5 cm³/mol. The first-order valence-electron chi connectivity index (χ1n) is 6.83. The standard InChI is InChI=1S/C13H27N3O.2ClH/c1-4-11(2)16(3)9-8-15-13(17)10-12-6-5-7-14-12;;/h11-12,14H,4-10H2,1-3H3,(H,15,17);2*1H. The van der Waals surface area contributed by atoms with Gasteiger partial charge in [0.05, 0.1) is 0 Å². The van der Waals surface area contributed by atoms with E-state index in [0.29, 0.717) is 18.5 Å². The molecule has 1 amide bonds. The summed E-state index contributed by atoms with van der Waals surface area (Å²) in [5.74, 6) is 0.182. The lowest BCUT2D eigenvalue weighted by molar-refractivity contribution is -0.121. The van der Waals surface area contributed by atoms with E-state index in [1.807, 2.05) is 0 Å². The highest BCUT2D eigenvalue weighted by Crippen LogP contribution is 2.08. The fraction of sp³-hybridized carbons (Fsp3) is 0.923. The molecular weight excluding hydrogens is 285 g/mol. The minimum absolute atomic E-state index is 0. The molecule has 1 heterocycles. The van der Waals surface area contributed by atoms with Crippen LogP contribution in [-0.4, -0.2) is 49.6 Å². The first-order chi connectivity index (χ1) is 8.13. The molecule has 4 nitrogen and oxygen atoms in total. The SMILES string of the molecule is CCC(C)N(C)CCNC(=O)CC1CCCN1.Cl.Cl. The Morgan fingerprint density at radius 1 is 1.47 bits per heavy atom. The van der Waals surface area contributed by atoms with E-state index in [1.54, 1.807) is 0 Å². The molecule has 1 saturated heterocycles. The molecule has 0 spiro atoms. The van der Waals surface area contributed by atoms with Gasteiger partial charge >= 0.3 is 0 Å². The second-order valence-electron chi connectivity index (χ2n) is 5.09. The number of nitrogens with one attached hydrogen (secondary N) is 2. The van der Waals surface area contributed by atoms with Crippen molar-refractivity contribution in [2.24, 2.45) is 0 Å². The van der Waals surface area contributed by atoms with Crippen molar-refractivity contribution in [2.75, 3.05) is 26.7 Å². The molecule has 6 heteroatoms. The molecule has 0 aromatic heterocycles. The van der Waals surface area contributed by atoms with Crippen LogP contribution < -0.4 is 10.6 Å². The second kappa shape index (κ2) is 11.8. The Balaban J connectivity index is 0. The van der Waals surface area contributed by atoms with Gasteiger partial charge in [0.2, 0.25) is 5.91 Å². The van der Waals surface area contributed by atoms with Gasteiger partial charge < -0.3 is 15.5 Å². The average Bonchev–Trinajstić information content (AvgIpc) is 2.80. The summed E-state index contributed by atoms with van der Waals surface area (Å²) >= 11 is 0. The summed E-state index contributed by atoms with van der Waals surface area (Å²) in [6.07, 6.45) is 4.12. The number of likely N-dealkylation sites (N-methyl/N-ethyl adjacent to an activating group) is 1. The van der Waals surface area contributed by atoms with Crippen LogP contribution in [0.2, 0.25) is 0 Å². The zero-order valence-corrected chi connectivity index (χ0v) is 13.9. The average molecular weight is 314 g/mol. The molecule has 0 aromatic carbocycles. The van der Waals surface area contributed by atoms with Crippen molar-refractivity contribution in [3.63, 3.8) is 0 Å². The van der Waals surface area contributed by atoms with Gasteiger partial charge in [0.1, 0.15) is 0 Å². The molecule has 2 atom stereocenters. The number of amides is 1. The van der Waals surface area contributed by atoms with Gasteiger partial charge in [0, 0.05) is 31.6 Å². The van der Waals surface area contributed by atoms with Gasteiger partial charge in [-0.1, -0.05) is 6.92 Å². The van der Waals surface area contributed by atoms with Crippen molar-refractivity contribution < 1.29 is 4.79 Å². The maximum atomic E-state index is 11.7. The number of carbonyl (C=O) groups is 1. The molecule has 1 aliphatic heterocycles. The maximum absolute atomic E-state index is 11.7. The van der Waals surface area contributed by atoms with Gasteiger partial charge in [-0.2, -0.15) is 0 Å². The highest BCUT2D eigenvalue weighted by molar-refractivity contribution is 5.85. The van der Waals surface area contributed by atoms with Crippen molar-refractivity contribution in [1.82, 2.24) is 15.5 Å². The van der Waals surface area contributed by atoms with E-state index in [0.717, 1.165) is 32.5 Å². The quantitative estimate of drug-likeness (QED) is 0.753. The third-order valence-corrected chi connectivity index (χ3v) is 3.72. The monoisotopic (exact) mass is 313 g/mol. The minimum atomic E-state index is 0. The van der Waals surface area contributed by atoms with Crippen LogP contribution >= 0.6 is 24.8 Å². The van der Waals surface area contributed by atoms with E-state index in [-0.39, 0.29) is 30.7 Å². The first kappa shape index (κ1) is 21.3. The van der Waals surface area contributed by atoms with Crippen molar-refractivity contribution in [1.29, 1.82) is 0 Å². The third kappa shape index (κ3) is 8.69. The Morgan fingerprint density at radius 3 is 2.68 bits per heavy atom. The van der Waals surface area contributed by atoms with Crippen LogP contribution in [-0.2, 0) is 4.79 Å². The Hall–Kier alpha value is -0.0300. The molecule has 0 saturated carbocycles. The second-order valence-corrected chi connectivity index (χ2v) is 5.09. The summed E-state index contributed by atoms with van der Waals surface area (Å²) in [5.41, 5.74) is 0. The van der Waals surface area contributed by atoms with E-state index in [1.165, 1.54) is 6.42 Å². The normalized spacial score (nSPS) is 19.5. The summed E-state index contributed by atoms with van der Waals surface area (Å²) in [7, 11) is 2.11. The summed E-state index contributed by atoms with van der Waals surface area (Å²) in [6, 6.07) is 0.991. The molecule has 116 valence electrons. The number of halogens is 2. The lowest BCUT2D eigenvalue weighted by Gasteiger charge is -2.23. The number of hydrogen-bond acceptors (Lipinski definition) is 3. The highest BCUT2D eigenvalue weighted by Gasteiger charge is 2.17. The molecule has 0 bridgehead atoms. The fourth-order valence-electron chi connectivity index (χ4n) is 2.13. The number of rotatable bonds is 7. The lowest BCUT2D eigenvalue weighted by Crippen LogP contribution is -2.38. The van der Waals surface area contributed by atoms with Gasteiger partial charge in [-0.05, 0) is 39.8 Å². The predicted octanol–water partition coefficient (Wildman–Crippen LogP) is 1.82. The van der Waals surface area contributed by atoms with Crippen molar-refractivity contribution in [3.8, 4) is 0 Å². The molecule has 0 aromatic rings. The van der Waals surface area contributed by atoms with E-state index < -0.39 is 0 Å². The van der Waals surface area contributed by atoms with Gasteiger partial charge in [0.15, 0.2) is 0 Å². The van der Waals surface area contributed by atoms with Gasteiger partial charge in [-0.25, -0.2) is 0 Å². The zero-order chi connectivity index (χ0) is 12.7. The van der Waals surface area contributed by atoms with Gasteiger partial charge in [-0.3, -0.25) is 4.79 Å². The van der Waals surface area contributed by atoms with Crippen molar-refractivity contribution >= 4 is 30.7 Å². The molecule has 2 N–H and O–H groups in total. The maximum Gasteiger partial charge on any atom is 0.221 e. The van der Waals surface area contributed by atoms with E-state index in [9.17, 15) is 4.79 Å².